The standard InChI is InChI=1S/C35H36F3N4O2/c1-20(44-8)34(6)33(5,17-18-43-7)27-22-14-10-9-13-21(22)24(32(2,3)4)19-23(27)30-28-29(31(35(36,37)38)41-42(30)34)40-26-16-12-11-15-25(26)39-28/h9-16,19H,1,17-18H2,2-8H3/q+1. The lowest BCUT2D eigenvalue weighted by Gasteiger charge is -2.46. The number of fused-ring (bicyclic) bond motifs is 8. The van der Waals surface area contributed by atoms with Crippen LogP contribution >= 0.6 is 0 Å². The molecule has 0 saturated carbocycles. The van der Waals surface area contributed by atoms with Gasteiger partial charge in [0.15, 0.2) is 11.3 Å². The quantitative estimate of drug-likeness (QED) is 0.117. The minimum absolute atomic E-state index is 0.117. The molecule has 44 heavy (non-hydrogen) atoms. The topological polar surface area (TPSA) is 61.0 Å². The van der Waals surface area contributed by atoms with Gasteiger partial charge >= 0.3 is 6.18 Å². The number of ether oxygens (including phenoxy) is 2. The van der Waals surface area contributed by atoms with Gasteiger partial charge in [0, 0.05) is 25.7 Å². The van der Waals surface area contributed by atoms with Crippen LogP contribution in [-0.4, -0.2) is 35.9 Å². The van der Waals surface area contributed by atoms with E-state index in [9.17, 15) is 13.2 Å². The third-order valence-corrected chi connectivity index (χ3v) is 9.45. The van der Waals surface area contributed by atoms with Gasteiger partial charge in [-0.2, -0.15) is 13.2 Å². The number of rotatable bonds is 5. The van der Waals surface area contributed by atoms with Crippen LogP contribution in [0.15, 0.2) is 66.9 Å². The molecule has 228 valence electrons. The average Bonchev–Trinajstić information content (AvgIpc) is 2.98. The summed E-state index contributed by atoms with van der Waals surface area (Å²) >= 11 is 0. The van der Waals surface area contributed by atoms with E-state index in [4.69, 9.17) is 14.5 Å². The zero-order valence-corrected chi connectivity index (χ0v) is 26.1. The predicted octanol–water partition coefficient (Wildman–Crippen LogP) is 7.79. The Balaban J connectivity index is 1.94. The van der Waals surface area contributed by atoms with Crippen LogP contribution in [0.3, 0.4) is 0 Å². The van der Waals surface area contributed by atoms with Gasteiger partial charge in [-0.3, -0.25) is 0 Å². The summed E-state index contributed by atoms with van der Waals surface area (Å²) in [4.78, 5) is 9.40. The maximum Gasteiger partial charge on any atom is 0.441 e. The highest BCUT2D eigenvalue weighted by Gasteiger charge is 2.64. The van der Waals surface area contributed by atoms with Crippen molar-refractivity contribution in [3.63, 3.8) is 0 Å². The Hall–Kier alpha value is -4.11. The molecule has 0 N–H and O–H groups in total. The summed E-state index contributed by atoms with van der Waals surface area (Å²) in [5.74, 6) is 0.269. The van der Waals surface area contributed by atoms with Crippen molar-refractivity contribution in [3.05, 3.63) is 83.8 Å². The van der Waals surface area contributed by atoms with E-state index < -0.39 is 22.8 Å². The van der Waals surface area contributed by atoms with E-state index in [1.54, 1.807) is 31.4 Å². The lowest BCUT2D eigenvalue weighted by molar-refractivity contribution is -0.808. The molecule has 5 aromatic rings. The molecule has 3 heterocycles. The first-order valence-corrected chi connectivity index (χ1v) is 14.6. The highest BCUT2D eigenvalue weighted by Crippen LogP contribution is 2.55. The van der Waals surface area contributed by atoms with Crippen molar-refractivity contribution >= 4 is 32.8 Å². The zero-order chi connectivity index (χ0) is 31.8. The first-order valence-electron chi connectivity index (χ1n) is 14.6. The first kappa shape index (κ1) is 29.9. The van der Waals surface area contributed by atoms with Crippen molar-refractivity contribution in [3.8, 4) is 11.3 Å². The summed E-state index contributed by atoms with van der Waals surface area (Å²) in [5, 5.41) is 6.49. The van der Waals surface area contributed by atoms with Gasteiger partial charge < -0.3 is 9.47 Å². The van der Waals surface area contributed by atoms with Crippen molar-refractivity contribution in [1.29, 1.82) is 0 Å². The van der Waals surface area contributed by atoms with Gasteiger partial charge in [0.05, 0.1) is 29.1 Å². The molecule has 1 aliphatic rings. The Bertz CT molecular complexity index is 1980. The van der Waals surface area contributed by atoms with E-state index in [0.29, 0.717) is 29.8 Å². The Morgan fingerprint density at radius 1 is 0.909 bits per heavy atom. The molecule has 2 atom stereocenters. The molecule has 2 unspecified atom stereocenters. The van der Waals surface area contributed by atoms with Gasteiger partial charge in [0.25, 0.3) is 11.2 Å². The third-order valence-electron chi connectivity index (χ3n) is 9.45. The van der Waals surface area contributed by atoms with E-state index in [0.717, 1.165) is 27.5 Å². The van der Waals surface area contributed by atoms with Gasteiger partial charge in [-0.15, -0.1) is 0 Å². The molecule has 3 aromatic carbocycles. The molecule has 0 aliphatic carbocycles. The molecule has 0 radical (unpaired) electrons. The van der Waals surface area contributed by atoms with E-state index in [2.05, 4.69) is 55.6 Å². The second kappa shape index (κ2) is 9.95. The SMILES string of the molecule is C=C(OC)C1(C)[n+]2nc(C(F)(F)F)c3nc4ccccc4nc3c2-c2cc(C(C)(C)C)c3ccccc3c2C1(C)CCOC. The Labute approximate surface area is 254 Å². The summed E-state index contributed by atoms with van der Waals surface area (Å²) in [5.41, 5.74) is 0.292. The molecule has 0 amide bonds. The maximum absolute atomic E-state index is 14.9. The third kappa shape index (κ3) is 4.12. The van der Waals surface area contributed by atoms with Gasteiger partial charge in [-0.1, -0.05) is 68.4 Å². The Morgan fingerprint density at radius 3 is 2.07 bits per heavy atom. The van der Waals surface area contributed by atoms with Crippen LogP contribution < -0.4 is 4.68 Å². The molecule has 0 bridgehead atoms. The summed E-state index contributed by atoms with van der Waals surface area (Å²) in [6.07, 6.45) is -4.36. The molecule has 1 aliphatic heterocycles. The van der Waals surface area contributed by atoms with Crippen LogP contribution in [0.4, 0.5) is 13.2 Å². The predicted molar refractivity (Wildman–Crippen MR) is 165 cm³/mol. The number of halogens is 3. The minimum atomic E-state index is -4.81. The number of hydrogen-bond donors (Lipinski definition) is 0. The van der Waals surface area contributed by atoms with Gasteiger partial charge in [-0.05, 0) is 58.9 Å². The van der Waals surface area contributed by atoms with Crippen molar-refractivity contribution in [2.45, 2.75) is 63.6 Å². The van der Waals surface area contributed by atoms with Crippen LogP contribution in [0.2, 0.25) is 0 Å². The highest BCUT2D eigenvalue weighted by molar-refractivity contribution is 6.01. The van der Waals surface area contributed by atoms with Gasteiger partial charge in [0.1, 0.15) is 5.52 Å². The largest absolute Gasteiger partial charge is 0.494 e. The summed E-state index contributed by atoms with van der Waals surface area (Å²) in [7, 11) is 3.10. The normalized spacial score (nSPS) is 20.1. The Kier molecular flexibility index (Phi) is 6.77. The number of alkyl halides is 3. The van der Waals surface area contributed by atoms with Crippen molar-refractivity contribution < 1.29 is 27.3 Å². The van der Waals surface area contributed by atoms with Crippen LogP contribution in [-0.2, 0) is 32.0 Å². The number of allylic oxidation sites excluding steroid dienone is 1. The van der Waals surface area contributed by atoms with Crippen LogP contribution in [0.5, 0.6) is 0 Å². The fourth-order valence-corrected chi connectivity index (χ4v) is 6.94. The van der Waals surface area contributed by atoms with Gasteiger partial charge in [0.2, 0.25) is 5.69 Å². The monoisotopic (exact) mass is 601 g/mol. The van der Waals surface area contributed by atoms with Crippen LogP contribution in [0.1, 0.15) is 57.9 Å². The smallest absolute Gasteiger partial charge is 0.441 e. The minimum Gasteiger partial charge on any atom is -0.494 e. The molecule has 9 heteroatoms. The summed E-state index contributed by atoms with van der Waals surface area (Å²) < 4.78 is 57.7. The van der Waals surface area contributed by atoms with Crippen molar-refractivity contribution in [1.82, 2.24) is 15.1 Å². The van der Waals surface area contributed by atoms with E-state index >= 15 is 0 Å². The number of benzene rings is 3. The molecule has 0 spiro atoms. The number of hydrogen-bond acceptors (Lipinski definition) is 5. The van der Waals surface area contributed by atoms with Crippen LogP contribution in [0.25, 0.3) is 44.1 Å². The second-order valence-electron chi connectivity index (χ2n) is 12.9. The average molecular weight is 602 g/mol. The fraction of sp³-hybridized carbons (Fsp3) is 0.371. The molecule has 0 saturated heterocycles. The number of para-hydroxylation sites is 2. The first-order chi connectivity index (χ1) is 20.7. The van der Waals surface area contributed by atoms with Crippen molar-refractivity contribution in [2.75, 3.05) is 20.8 Å². The molecule has 6 rings (SSSR count). The molecular weight excluding hydrogens is 565 g/mol. The van der Waals surface area contributed by atoms with Crippen molar-refractivity contribution in [2.24, 2.45) is 0 Å². The summed E-state index contributed by atoms with van der Waals surface area (Å²) in [6, 6.07) is 17.2. The highest BCUT2D eigenvalue weighted by atomic mass is 19.4. The molecule has 6 nitrogen and oxygen atoms in total. The van der Waals surface area contributed by atoms with Crippen LogP contribution in [0, 0.1) is 0 Å². The molecule has 2 aromatic heterocycles. The zero-order valence-electron chi connectivity index (χ0n) is 26.1. The lowest BCUT2D eigenvalue weighted by atomic mass is 9.59. The number of methoxy groups -OCH3 is 2. The van der Waals surface area contributed by atoms with Gasteiger partial charge in [-0.25, -0.2) is 9.97 Å². The number of aromatic nitrogens is 4. The van der Waals surface area contributed by atoms with E-state index in [1.807, 2.05) is 26.0 Å². The van der Waals surface area contributed by atoms with E-state index in [1.165, 1.54) is 11.8 Å². The maximum atomic E-state index is 14.9. The van der Waals surface area contributed by atoms with E-state index in [-0.39, 0.29) is 22.2 Å². The molecule has 0 fully saturated rings. The summed E-state index contributed by atoms with van der Waals surface area (Å²) in [6.45, 7) is 14.9. The fourth-order valence-electron chi connectivity index (χ4n) is 6.94. The molecular formula is C35H36F3N4O2+. The lowest BCUT2D eigenvalue weighted by Crippen LogP contribution is -2.71. The Morgan fingerprint density at radius 2 is 1.50 bits per heavy atom. The second-order valence-corrected chi connectivity index (χ2v) is 12.9. The number of nitrogens with zero attached hydrogens (tertiary/aromatic N) is 4.